The number of nitrogens with zero attached hydrogens (tertiary/aromatic N) is 3. The molecule has 3 rings (SSSR count). The minimum atomic E-state index is 0.483. The highest BCUT2D eigenvalue weighted by Gasteiger charge is 2.17. The summed E-state index contributed by atoms with van der Waals surface area (Å²) >= 11 is 0. The summed E-state index contributed by atoms with van der Waals surface area (Å²) in [4.78, 5) is 4.29. The Morgan fingerprint density at radius 3 is 3.05 bits per heavy atom. The fraction of sp³-hybridized carbons (Fsp3) is 0.333. The van der Waals surface area contributed by atoms with Crippen LogP contribution in [-0.2, 0) is 13.5 Å². The van der Waals surface area contributed by atoms with E-state index < -0.39 is 0 Å². The number of aryl methyl sites for hydroxylation is 2. The van der Waals surface area contributed by atoms with Crippen LogP contribution in [0.2, 0.25) is 0 Å². The fourth-order valence-electron chi connectivity index (χ4n) is 2.53. The Labute approximate surface area is 112 Å². The quantitative estimate of drug-likeness (QED) is 0.785. The highest BCUT2D eigenvalue weighted by molar-refractivity contribution is 5.68. The average Bonchev–Trinajstić information content (AvgIpc) is 2.74. The van der Waals surface area contributed by atoms with Crippen LogP contribution in [0.3, 0.4) is 0 Å². The van der Waals surface area contributed by atoms with Gasteiger partial charge in [0.05, 0.1) is 12.3 Å². The van der Waals surface area contributed by atoms with Crippen molar-refractivity contribution in [3.05, 3.63) is 35.3 Å². The van der Waals surface area contributed by atoms with Gasteiger partial charge in [0.2, 0.25) is 0 Å². The lowest BCUT2D eigenvalue weighted by atomic mass is 10.0. The van der Waals surface area contributed by atoms with Gasteiger partial charge in [0, 0.05) is 12.6 Å². The maximum Gasteiger partial charge on any atom is 0.166 e. The van der Waals surface area contributed by atoms with E-state index in [4.69, 9.17) is 4.74 Å². The Balaban J connectivity index is 2.15. The molecule has 0 N–H and O–H groups in total. The van der Waals surface area contributed by atoms with E-state index in [1.54, 1.807) is 0 Å². The molecule has 0 atom stereocenters. The molecule has 0 radical (unpaired) electrons. The first-order valence-corrected chi connectivity index (χ1v) is 6.40. The molecule has 1 aromatic carbocycles. The molecule has 0 fully saturated rings. The van der Waals surface area contributed by atoms with Crippen molar-refractivity contribution in [1.82, 2.24) is 9.55 Å². The number of imidazole rings is 1. The van der Waals surface area contributed by atoms with Gasteiger partial charge in [-0.15, -0.1) is 0 Å². The molecule has 96 valence electrons. The third-order valence-corrected chi connectivity index (χ3v) is 3.61. The third-order valence-electron chi connectivity index (χ3n) is 3.61. The molecule has 0 amide bonds. The van der Waals surface area contributed by atoms with Gasteiger partial charge in [-0.2, -0.15) is 5.26 Å². The van der Waals surface area contributed by atoms with Gasteiger partial charge in [-0.25, -0.2) is 4.98 Å². The third kappa shape index (κ3) is 1.88. The maximum absolute atomic E-state index is 9.21. The minimum absolute atomic E-state index is 0.483. The molecule has 1 aliphatic heterocycles. The topological polar surface area (TPSA) is 50.8 Å². The summed E-state index contributed by atoms with van der Waals surface area (Å²) in [6.07, 6.45) is 2.08. The number of ether oxygens (including phenoxy) is 1. The molecular formula is C15H15N3O. The first-order chi connectivity index (χ1) is 9.20. The molecular weight excluding hydrogens is 238 g/mol. The van der Waals surface area contributed by atoms with Gasteiger partial charge in [0.15, 0.2) is 5.69 Å². The number of hydrogen-bond donors (Lipinski definition) is 0. The van der Waals surface area contributed by atoms with E-state index in [-0.39, 0.29) is 0 Å². The summed E-state index contributed by atoms with van der Waals surface area (Å²) < 4.78 is 7.58. The number of nitriles is 1. The Bertz CT molecular complexity index is 679. The molecule has 0 saturated carbocycles. The van der Waals surface area contributed by atoms with Gasteiger partial charge >= 0.3 is 0 Å². The molecule has 0 saturated heterocycles. The lowest BCUT2D eigenvalue weighted by Crippen LogP contribution is -2.08. The first-order valence-electron chi connectivity index (χ1n) is 6.40. The zero-order chi connectivity index (χ0) is 13.4. The zero-order valence-electron chi connectivity index (χ0n) is 11.1. The van der Waals surface area contributed by atoms with Gasteiger partial charge in [-0.1, -0.05) is 0 Å². The second-order valence-electron chi connectivity index (χ2n) is 4.80. The van der Waals surface area contributed by atoms with E-state index in [2.05, 4.69) is 17.1 Å². The molecule has 0 unspecified atom stereocenters. The van der Waals surface area contributed by atoms with E-state index in [1.807, 2.05) is 30.7 Å². The van der Waals surface area contributed by atoms with Crippen LogP contribution in [0.15, 0.2) is 18.2 Å². The van der Waals surface area contributed by atoms with Crippen LogP contribution in [0.5, 0.6) is 5.75 Å². The standard InChI is InChI=1S/C15H15N3O/c1-10-17-13(9-16)15(18(10)2)12-5-6-14-11(8-12)4-3-7-19-14/h5-6,8H,3-4,7H2,1-2H3. The van der Waals surface area contributed by atoms with E-state index in [0.29, 0.717) is 5.69 Å². The largest absolute Gasteiger partial charge is 0.493 e. The van der Waals surface area contributed by atoms with Crippen molar-refractivity contribution in [2.24, 2.45) is 7.05 Å². The van der Waals surface area contributed by atoms with E-state index in [9.17, 15) is 5.26 Å². The summed E-state index contributed by atoms with van der Waals surface area (Å²) in [7, 11) is 1.94. The van der Waals surface area contributed by atoms with Crippen molar-refractivity contribution in [3.63, 3.8) is 0 Å². The predicted octanol–water partition coefficient (Wildman–Crippen LogP) is 2.59. The average molecular weight is 253 g/mol. The van der Waals surface area contributed by atoms with Crippen LogP contribution < -0.4 is 4.74 Å². The van der Waals surface area contributed by atoms with Gasteiger partial charge in [-0.3, -0.25) is 0 Å². The van der Waals surface area contributed by atoms with Gasteiger partial charge in [-0.05, 0) is 43.5 Å². The number of benzene rings is 1. The second kappa shape index (κ2) is 4.43. The minimum Gasteiger partial charge on any atom is -0.493 e. The summed E-state index contributed by atoms with van der Waals surface area (Å²) in [6.45, 7) is 2.70. The summed E-state index contributed by atoms with van der Waals surface area (Å²) in [5.41, 5.74) is 3.61. The van der Waals surface area contributed by atoms with Crippen LogP contribution >= 0.6 is 0 Å². The Morgan fingerprint density at radius 1 is 1.42 bits per heavy atom. The fourth-order valence-corrected chi connectivity index (χ4v) is 2.53. The molecule has 0 aliphatic carbocycles. The number of aromatic nitrogens is 2. The lowest BCUT2D eigenvalue weighted by molar-refractivity contribution is 0.288. The first kappa shape index (κ1) is 11.8. The number of rotatable bonds is 1. The van der Waals surface area contributed by atoms with Crippen molar-refractivity contribution >= 4 is 0 Å². The Morgan fingerprint density at radius 2 is 2.26 bits per heavy atom. The molecule has 1 aliphatic rings. The number of hydrogen-bond acceptors (Lipinski definition) is 3. The highest BCUT2D eigenvalue weighted by atomic mass is 16.5. The van der Waals surface area contributed by atoms with Crippen LogP contribution in [0.4, 0.5) is 0 Å². The Kier molecular flexibility index (Phi) is 2.75. The molecule has 4 nitrogen and oxygen atoms in total. The van der Waals surface area contributed by atoms with Crippen molar-refractivity contribution in [1.29, 1.82) is 5.26 Å². The van der Waals surface area contributed by atoms with Crippen molar-refractivity contribution in [2.75, 3.05) is 6.61 Å². The summed E-state index contributed by atoms with van der Waals surface area (Å²) in [5.74, 6) is 1.81. The van der Waals surface area contributed by atoms with Crippen LogP contribution in [-0.4, -0.2) is 16.2 Å². The van der Waals surface area contributed by atoms with E-state index >= 15 is 0 Å². The molecule has 2 aromatic rings. The van der Waals surface area contributed by atoms with Gasteiger partial charge in [0.25, 0.3) is 0 Å². The Hall–Kier alpha value is -2.28. The molecule has 19 heavy (non-hydrogen) atoms. The van der Waals surface area contributed by atoms with Crippen molar-refractivity contribution in [3.8, 4) is 23.1 Å². The van der Waals surface area contributed by atoms with Crippen molar-refractivity contribution in [2.45, 2.75) is 19.8 Å². The van der Waals surface area contributed by atoms with Crippen LogP contribution in [0.25, 0.3) is 11.3 Å². The maximum atomic E-state index is 9.21. The second-order valence-corrected chi connectivity index (χ2v) is 4.80. The molecule has 4 heteroatoms. The predicted molar refractivity (Wildman–Crippen MR) is 71.9 cm³/mol. The van der Waals surface area contributed by atoms with E-state index in [1.165, 1.54) is 5.56 Å². The normalized spacial score (nSPS) is 13.5. The van der Waals surface area contributed by atoms with Gasteiger partial charge in [0.1, 0.15) is 17.6 Å². The summed E-state index contributed by atoms with van der Waals surface area (Å²) in [5, 5.41) is 9.21. The van der Waals surface area contributed by atoms with E-state index in [0.717, 1.165) is 42.3 Å². The SMILES string of the molecule is Cc1nc(C#N)c(-c2ccc3c(c2)CCCO3)n1C. The number of fused-ring (bicyclic) bond motifs is 1. The smallest absolute Gasteiger partial charge is 0.166 e. The van der Waals surface area contributed by atoms with Crippen LogP contribution in [0, 0.1) is 18.3 Å². The van der Waals surface area contributed by atoms with Crippen LogP contribution in [0.1, 0.15) is 23.5 Å². The lowest BCUT2D eigenvalue weighted by Gasteiger charge is -2.18. The molecule has 2 heterocycles. The molecule has 0 bridgehead atoms. The molecule has 1 aromatic heterocycles. The van der Waals surface area contributed by atoms with Gasteiger partial charge < -0.3 is 9.30 Å². The molecule has 0 spiro atoms. The highest BCUT2D eigenvalue weighted by Crippen LogP contribution is 2.31. The summed E-state index contributed by atoms with van der Waals surface area (Å²) in [6, 6.07) is 8.28. The zero-order valence-corrected chi connectivity index (χ0v) is 11.1. The van der Waals surface area contributed by atoms with Crippen molar-refractivity contribution < 1.29 is 4.74 Å². The monoisotopic (exact) mass is 253 g/mol.